The summed E-state index contributed by atoms with van der Waals surface area (Å²) < 4.78 is 68.5. The van der Waals surface area contributed by atoms with Gasteiger partial charge in [-0.2, -0.15) is 0 Å². The molecule has 0 radical (unpaired) electrons. The molecule has 0 aliphatic rings. The van der Waals surface area contributed by atoms with Gasteiger partial charge in [-0.25, -0.2) is 9.13 Å². The Morgan fingerprint density at radius 1 is 0.264 bits per heavy atom. The lowest BCUT2D eigenvalue weighted by atomic mass is 10.1. The number of rotatable bonds is 73. The minimum absolute atomic E-state index is 0.0253. The molecule has 17 nitrogen and oxygen atoms in total. The van der Waals surface area contributed by atoms with Crippen molar-refractivity contribution in [3.63, 3.8) is 0 Å². The van der Waals surface area contributed by atoms with Crippen molar-refractivity contribution in [3.8, 4) is 0 Å². The Kier molecular flexibility index (Phi) is 73.1. The minimum atomic E-state index is -5.01. The lowest BCUT2D eigenvalue weighted by Crippen LogP contribution is -2.30. The molecule has 0 heterocycles. The van der Waals surface area contributed by atoms with Gasteiger partial charge in [0.2, 0.25) is 0 Å². The number of hydrogen-bond acceptors (Lipinski definition) is 15. The first kappa shape index (κ1) is 100. The Bertz CT molecular complexity index is 2730. The topological polar surface area (TPSA) is 237 Å². The summed E-state index contributed by atoms with van der Waals surface area (Å²) in [7, 11) is -10.0. The first-order chi connectivity index (χ1) is 51.7. The average molecular weight is 1520 g/mol. The second kappa shape index (κ2) is 77.3. The molecule has 0 aromatic rings. The van der Waals surface area contributed by atoms with E-state index in [0.29, 0.717) is 32.1 Å². The fourth-order valence-electron chi connectivity index (χ4n) is 9.94. The summed E-state index contributed by atoms with van der Waals surface area (Å²) in [4.78, 5) is 73.1. The lowest BCUT2D eigenvalue weighted by molar-refractivity contribution is -0.161. The van der Waals surface area contributed by atoms with Crippen molar-refractivity contribution in [2.24, 2.45) is 0 Å². The molecular weight excluding hydrogens is 1380 g/mol. The van der Waals surface area contributed by atoms with Gasteiger partial charge in [0.25, 0.3) is 0 Å². The standard InChI is InChI=1S/C87H140O17P2/c1-5-9-13-17-21-25-29-33-37-39-40-42-46-48-52-56-60-64-68-72-85(90)98-78-83(104-87(92)74-70-66-62-58-54-50-44-36-32-28-24-20-16-12-8-4)80-102-106(95,96)100-76-81(88)75-99-105(93,94)101-79-82(103-86(91)73-69-65-61-57-53-49-43-35-31-27-23-19-15-11-7-3)77-97-84(89)71-67-63-59-55-51-47-45-41-38-34-30-26-22-18-14-10-6-2/h9-16,21-28,33-38,40,42-44,48,52,60,64,81-83,88H,5-8,17-20,29-32,39,41,45-47,49-51,53-59,61-63,65-80H2,1-4H3,(H,93,94)(H,95,96)/b13-9-,14-10-,15-11-,16-12-,25-21-,26-22-,27-23-,28-24-,37-33-,38-34-,42-40-,43-35-,44-36-,52-48-,64-60-. The zero-order valence-electron chi connectivity index (χ0n) is 65.5. The van der Waals surface area contributed by atoms with Crippen molar-refractivity contribution in [1.29, 1.82) is 0 Å². The van der Waals surface area contributed by atoms with Crippen LogP contribution < -0.4 is 0 Å². The van der Waals surface area contributed by atoms with Gasteiger partial charge in [0.1, 0.15) is 19.3 Å². The van der Waals surface area contributed by atoms with E-state index in [1.807, 2.05) is 18.2 Å². The van der Waals surface area contributed by atoms with Crippen molar-refractivity contribution >= 4 is 39.5 Å². The van der Waals surface area contributed by atoms with E-state index in [9.17, 15) is 43.2 Å². The SMILES string of the molecule is CC/C=C\C/C=C\C/C=C\C/C=C\C/C=C\C/C=C\CCC(=O)OCC(COP(=O)(O)OCC(O)COP(=O)(O)OCC(COC(=O)CCCCCCCCC/C=C\C/C=C\C/C=C\CC)OC(=O)CCCCCCC/C=C\C/C=C\C/C=C\CC)OC(=O)CCCCCCC/C=C\C/C=C\C/C=C\CC. The van der Waals surface area contributed by atoms with Crippen LogP contribution in [-0.2, 0) is 65.4 Å². The van der Waals surface area contributed by atoms with Gasteiger partial charge in [-0.1, -0.05) is 281 Å². The van der Waals surface area contributed by atoms with E-state index in [4.69, 9.17) is 37.0 Å². The minimum Gasteiger partial charge on any atom is -0.462 e. The quantitative estimate of drug-likeness (QED) is 0.0169. The summed E-state index contributed by atoms with van der Waals surface area (Å²) in [6.07, 6.45) is 93.1. The van der Waals surface area contributed by atoms with E-state index >= 15 is 0 Å². The Hall–Kier alpha value is -5.84. The Morgan fingerprint density at radius 3 is 0.764 bits per heavy atom. The smallest absolute Gasteiger partial charge is 0.462 e. The van der Waals surface area contributed by atoms with E-state index in [0.717, 1.165) is 199 Å². The van der Waals surface area contributed by atoms with Gasteiger partial charge < -0.3 is 33.8 Å². The second-order valence-electron chi connectivity index (χ2n) is 25.8. The molecular formula is C87H140O17P2. The van der Waals surface area contributed by atoms with Gasteiger partial charge in [-0.3, -0.25) is 37.3 Å². The van der Waals surface area contributed by atoms with Gasteiger partial charge in [-0.15, -0.1) is 0 Å². The molecule has 0 bridgehead atoms. The summed E-state index contributed by atoms with van der Waals surface area (Å²) in [6, 6.07) is 0. The maximum absolute atomic E-state index is 13.1. The number of phosphoric ester groups is 2. The van der Waals surface area contributed by atoms with Crippen molar-refractivity contribution in [3.05, 3.63) is 182 Å². The summed E-state index contributed by atoms with van der Waals surface area (Å²) in [6.45, 7) is 4.27. The number of phosphoric acid groups is 2. The Labute approximate surface area is 641 Å². The van der Waals surface area contributed by atoms with Crippen molar-refractivity contribution in [2.75, 3.05) is 39.6 Å². The highest BCUT2D eigenvalue weighted by molar-refractivity contribution is 7.47. The van der Waals surface area contributed by atoms with Crippen LogP contribution in [0.1, 0.15) is 285 Å². The number of hydrogen-bond donors (Lipinski definition) is 3. The number of ether oxygens (including phenoxy) is 4. The van der Waals surface area contributed by atoms with Crippen LogP contribution in [0.25, 0.3) is 0 Å². The molecule has 5 atom stereocenters. The third-order valence-corrected chi connectivity index (χ3v) is 17.8. The molecule has 0 rings (SSSR count). The normalized spacial score (nSPS) is 14.8. The van der Waals surface area contributed by atoms with Crippen LogP contribution >= 0.6 is 15.6 Å². The highest BCUT2D eigenvalue weighted by Gasteiger charge is 2.30. The Morgan fingerprint density at radius 2 is 0.481 bits per heavy atom. The summed E-state index contributed by atoms with van der Waals surface area (Å²) in [5, 5.41) is 10.6. The fraction of sp³-hybridized carbons (Fsp3) is 0.609. The highest BCUT2D eigenvalue weighted by atomic mass is 31.2. The summed E-state index contributed by atoms with van der Waals surface area (Å²) in [5.74, 6) is -2.34. The van der Waals surface area contributed by atoms with E-state index in [1.165, 1.54) is 0 Å². The zero-order valence-corrected chi connectivity index (χ0v) is 67.3. The maximum atomic E-state index is 13.1. The van der Waals surface area contributed by atoms with E-state index < -0.39 is 97.5 Å². The van der Waals surface area contributed by atoms with Crippen LogP contribution in [0.15, 0.2) is 182 Å². The number of carbonyl (C=O) groups is 4. The lowest BCUT2D eigenvalue weighted by Gasteiger charge is -2.21. The van der Waals surface area contributed by atoms with Crippen LogP contribution in [0.2, 0.25) is 0 Å². The molecule has 0 fully saturated rings. The first-order valence-electron chi connectivity index (χ1n) is 40.0. The third-order valence-electron chi connectivity index (χ3n) is 15.9. The molecule has 0 aliphatic heterocycles. The molecule has 0 amide bonds. The van der Waals surface area contributed by atoms with E-state index in [1.54, 1.807) is 0 Å². The number of esters is 4. The molecule has 0 aliphatic carbocycles. The van der Waals surface area contributed by atoms with Crippen LogP contribution in [0.3, 0.4) is 0 Å². The largest absolute Gasteiger partial charge is 0.472 e. The summed E-state index contributed by atoms with van der Waals surface area (Å²) >= 11 is 0. The van der Waals surface area contributed by atoms with Gasteiger partial charge in [0.05, 0.1) is 26.4 Å². The molecule has 0 saturated heterocycles. The molecule has 19 heteroatoms. The average Bonchev–Trinajstić information content (AvgIpc) is 0.909. The number of aliphatic hydroxyl groups excluding tert-OH is 1. The number of unbranched alkanes of at least 4 members (excludes halogenated alkanes) is 17. The number of carbonyl (C=O) groups excluding carboxylic acids is 4. The second-order valence-corrected chi connectivity index (χ2v) is 28.7. The monoisotopic (exact) mass is 1520 g/mol. The van der Waals surface area contributed by atoms with Gasteiger partial charge in [0.15, 0.2) is 12.2 Å². The number of allylic oxidation sites excluding steroid dienone is 30. The van der Waals surface area contributed by atoms with Crippen LogP contribution in [0, 0.1) is 0 Å². The molecule has 5 unspecified atom stereocenters. The third kappa shape index (κ3) is 76.4. The highest BCUT2D eigenvalue weighted by Crippen LogP contribution is 2.45. The van der Waals surface area contributed by atoms with Crippen LogP contribution in [-0.4, -0.2) is 96.7 Å². The van der Waals surface area contributed by atoms with Gasteiger partial charge in [0, 0.05) is 25.7 Å². The van der Waals surface area contributed by atoms with E-state index in [2.05, 4.69) is 192 Å². The predicted octanol–water partition coefficient (Wildman–Crippen LogP) is 23.6. The predicted molar refractivity (Wildman–Crippen MR) is 436 cm³/mol. The van der Waals surface area contributed by atoms with E-state index in [-0.39, 0.29) is 25.7 Å². The molecule has 600 valence electrons. The zero-order chi connectivity index (χ0) is 77.4. The first-order valence-corrected chi connectivity index (χ1v) is 43.0. The van der Waals surface area contributed by atoms with Crippen molar-refractivity contribution < 1.29 is 80.2 Å². The molecule has 0 aromatic carbocycles. The van der Waals surface area contributed by atoms with Gasteiger partial charge >= 0.3 is 39.5 Å². The molecule has 0 aromatic heterocycles. The fourth-order valence-corrected chi connectivity index (χ4v) is 11.5. The molecule has 0 saturated carbocycles. The Balaban J connectivity index is 5.48. The number of aliphatic hydroxyl groups is 1. The van der Waals surface area contributed by atoms with Crippen LogP contribution in [0.5, 0.6) is 0 Å². The van der Waals surface area contributed by atoms with Crippen LogP contribution in [0.4, 0.5) is 0 Å². The molecule has 3 N–H and O–H groups in total. The summed E-state index contributed by atoms with van der Waals surface area (Å²) in [5.41, 5.74) is 0. The van der Waals surface area contributed by atoms with Crippen molar-refractivity contribution in [2.45, 2.75) is 303 Å². The van der Waals surface area contributed by atoms with Crippen molar-refractivity contribution in [1.82, 2.24) is 0 Å². The molecule has 106 heavy (non-hydrogen) atoms. The maximum Gasteiger partial charge on any atom is 0.472 e. The molecule has 0 spiro atoms. The van der Waals surface area contributed by atoms with Gasteiger partial charge in [-0.05, 0) is 161 Å².